The van der Waals surface area contributed by atoms with Gasteiger partial charge in [-0.3, -0.25) is 9.59 Å². The molecule has 1 fully saturated rings. The van der Waals surface area contributed by atoms with Crippen LogP contribution in [0.3, 0.4) is 0 Å². The second-order valence-electron chi connectivity index (χ2n) is 10.2. The minimum Gasteiger partial charge on any atom is -0.494 e. The molecule has 0 saturated carbocycles. The Hall–Kier alpha value is -3.10. The van der Waals surface area contributed by atoms with Crippen LogP contribution in [0.5, 0.6) is 5.75 Å². The van der Waals surface area contributed by atoms with E-state index >= 15 is 0 Å². The van der Waals surface area contributed by atoms with Gasteiger partial charge in [-0.05, 0) is 61.1 Å². The highest BCUT2D eigenvalue weighted by Crippen LogP contribution is 2.35. The Bertz CT molecular complexity index is 1030. The summed E-state index contributed by atoms with van der Waals surface area (Å²) >= 11 is 0. The molecular formula is C30H42N2O6. The Labute approximate surface area is 226 Å². The van der Waals surface area contributed by atoms with Crippen molar-refractivity contribution in [2.24, 2.45) is 5.92 Å². The Kier molecular flexibility index (Phi) is 11.4. The number of rotatable bonds is 14. The highest BCUT2D eigenvalue weighted by Gasteiger charge is 2.26. The first kappa shape index (κ1) is 29.5. The van der Waals surface area contributed by atoms with E-state index in [4.69, 9.17) is 14.2 Å². The predicted molar refractivity (Wildman–Crippen MR) is 149 cm³/mol. The molecule has 208 valence electrons. The molecule has 0 aromatic heterocycles. The van der Waals surface area contributed by atoms with E-state index in [0.717, 1.165) is 42.0 Å². The van der Waals surface area contributed by atoms with Crippen LogP contribution >= 0.6 is 0 Å². The summed E-state index contributed by atoms with van der Waals surface area (Å²) in [4.78, 5) is 27.2. The molecule has 2 aromatic rings. The standard InChI is InChI=1S/C30H42N2O6/c1-5-38-26-9-6-22(7-10-26)16-29(33)31-27-17-23(24(20-36-4)18-30(34)35)8-11-28(27)32(19-21(2)3)25-12-14-37-15-13-25/h6-11,17,21,24-25H,5,12-16,18-20H2,1-4H3,(H,31,33)(H,34,35). The summed E-state index contributed by atoms with van der Waals surface area (Å²) in [5.74, 6) is -0.158. The zero-order valence-electron chi connectivity index (χ0n) is 23.1. The number of anilines is 2. The second-order valence-corrected chi connectivity index (χ2v) is 10.2. The van der Waals surface area contributed by atoms with Crippen molar-refractivity contribution in [2.45, 2.75) is 58.4 Å². The van der Waals surface area contributed by atoms with Gasteiger partial charge in [-0.15, -0.1) is 0 Å². The average molecular weight is 527 g/mol. The van der Waals surface area contributed by atoms with Crippen LogP contribution in [0, 0.1) is 5.92 Å². The third kappa shape index (κ3) is 8.74. The van der Waals surface area contributed by atoms with E-state index in [1.165, 1.54) is 0 Å². The number of aliphatic carboxylic acids is 1. The maximum atomic E-state index is 13.3. The Morgan fingerprint density at radius 2 is 1.84 bits per heavy atom. The van der Waals surface area contributed by atoms with Crippen LogP contribution in [0.1, 0.15) is 57.1 Å². The first-order chi connectivity index (χ1) is 18.3. The molecule has 0 radical (unpaired) electrons. The lowest BCUT2D eigenvalue weighted by molar-refractivity contribution is -0.137. The van der Waals surface area contributed by atoms with Crippen molar-refractivity contribution in [2.75, 3.05) is 50.3 Å². The first-order valence-electron chi connectivity index (χ1n) is 13.5. The van der Waals surface area contributed by atoms with Crippen molar-refractivity contribution in [3.05, 3.63) is 53.6 Å². The Morgan fingerprint density at radius 1 is 1.13 bits per heavy atom. The number of benzene rings is 2. The van der Waals surface area contributed by atoms with Crippen molar-refractivity contribution in [1.29, 1.82) is 0 Å². The predicted octanol–water partition coefficient (Wildman–Crippen LogP) is 5.11. The molecular weight excluding hydrogens is 484 g/mol. The SMILES string of the molecule is CCOc1ccc(CC(=O)Nc2cc(C(COC)CC(=O)O)ccc2N(CC(C)C)C2CCOCC2)cc1. The van der Waals surface area contributed by atoms with Crippen LogP contribution in [-0.4, -0.2) is 63.1 Å². The lowest BCUT2D eigenvalue weighted by Crippen LogP contribution is -2.42. The monoisotopic (exact) mass is 526 g/mol. The maximum Gasteiger partial charge on any atom is 0.304 e. The first-order valence-corrected chi connectivity index (χ1v) is 13.5. The third-order valence-electron chi connectivity index (χ3n) is 6.66. The maximum absolute atomic E-state index is 13.3. The number of amides is 1. The molecule has 3 rings (SSSR count). The zero-order chi connectivity index (χ0) is 27.5. The van der Waals surface area contributed by atoms with Crippen LogP contribution in [0.2, 0.25) is 0 Å². The van der Waals surface area contributed by atoms with E-state index in [0.29, 0.717) is 37.5 Å². The molecule has 1 heterocycles. The topological polar surface area (TPSA) is 97.3 Å². The zero-order valence-corrected chi connectivity index (χ0v) is 23.1. The van der Waals surface area contributed by atoms with Crippen molar-refractivity contribution in [3.8, 4) is 5.75 Å². The number of carbonyl (C=O) groups excluding carboxylic acids is 1. The molecule has 8 heteroatoms. The number of carboxylic acids is 1. The molecule has 1 saturated heterocycles. The molecule has 1 aliphatic heterocycles. The van der Waals surface area contributed by atoms with Gasteiger partial charge in [0.15, 0.2) is 0 Å². The van der Waals surface area contributed by atoms with Crippen LogP contribution < -0.4 is 15.0 Å². The van der Waals surface area contributed by atoms with Gasteiger partial charge in [0.2, 0.25) is 5.91 Å². The Morgan fingerprint density at radius 3 is 2.45 bits per heavy atom. The minimum atomic E-state index is -0.888. The smallest absolute Gasteiger partial charge is 0.304 e. The molecule has 2 aromatic carbocycles. The number of nitrogens with zero attached hydrogens (tertiary/aromatic N) is 1. The molecule has 1 atom stereocenters. The normalized spacial score (nSPS) is 14.8. The fourth-order valence-corrected chi connectivity index (χ4v) is 4.93. The van der Waals surface area contributed by atoms with E-state index in [1.54, 1.807) is 7.11 Å². The quantitative estimate of drug-likeness (QED) is 0.353. The fourth-order valence-electron chi connectivity index (χ4n) is 4.93. The van der Waals surface area contributed by atoms with Gasteiger partial charge in [0.25, 0.3) is 0 Å². The summed E-state index contributed by atoms with van der Waals surface area (Å²) in [6.07, 6.45) is 2.00. The lowest BCUT2D eigenvalue weighted by atomic mass is 9.94. The molecule has 38 heavy (non-hydrogen) atoms. The van der Waals surface area contributed by atoms with Gasteiger partial charge in [0.05, 0.1) is 37.4 Å². The number of nitrogens with one attached hydrogen (secondary N) is 1. The molecule has 2 N–H and O–H groups in total. The van der Waals surface area contributed by atoms with Gasteiger partial charge in [0, 0.05) is 38.8 Å². The molecule has 8 nitrogen and oxygen atoms in total. The van der Waals surface area contributed by atoms with Gasteiger partial charge >= 0.3 is 5.97 Å². The lowest BCUT2D eigenvalue weighted by Gasteiger charge is -2.38. The number of hydrogen-bond acceptors (Lipinski definition) is 6. The summed E-state index contributed by atoms with van der Waals surface area (Å²) in [5.41, 5.74) is 3.35. The number of carboxylic acid groups (broad SMARTS) is 1. The third-order valence-corrected chi connectivity index (χ3v) is 6.66. The number of methoxy groups -OCH3 is 1. The molecule has 1 aliphatic rings. The summed E-state index contributed by atoms with van der Waals surface area (Å²) in [6, 6.07) is 13.7. The van der Waals surface area contributed by atoms with E-state index < -0.39 is 5.97 Å². The highest BCUT2D eigenvalue weighted by molar-refractivity contribution is 5.96. The number of hydrogen-bond donors (Lipinski definition) is 2. The number of ether oxygens (including phenoxy) is 3. The Balaban J connectivity index is 1.94. The molecule has 0 bridgehead atoms. The molecule has 0 spiro atoms. The number of carbonyl (C=O) groups is 2. The van der Waals surface area contributed by atoms with E-state index in [-0.39, 0.29) is 31.3 Å². The molecule has 1 amide bonds. The van der Waals surface area contributed by atoms with E-state index in [9.17, 15) is 14.7 Å². The summed E-state index contributed by atoms with van der Waals surface area (Å²) < 4.78 is 16.5. The van der Waals surface area contributed by atoms with Crippen LogP contribution in [0.4, 0.5) is 11.4 Å². The van der Waals surface area contributed by atoms with Gasteiger partial charge in [-0.1, -0.05) is 32.0 Å². The van der Waals surface area contributed by atoms with E-state index in [1.807, 2.05) is 49.4 Å². The average Bonchev–Trinajstić information content (AvgIpc) is 2.88. The van der Waals surface area contributed by atoms with Crippen molar-refractivity contribution >= 4 is 23.3 Å². The van der Waals surface area contributed by atoms with Gasteiger partial charge in [0.1, 0.15) is 5.75 Å². The van der Waals surface area contributed by atoms with Gasteiger partial charge in [-0.25, -0.2) is 0 Å². The van der Waals surface area contributed by atoms with Crippen LogP contribution in [-0.2, 0) is 25.5 Å². The van der Waals surface area contributed by atoms with Gasteiger partial charge < -0.3 is 29.5 Å². The van der Waals surface area contributed by atoms with Crippen molar-refractivity contribution in [3.63, 3.8) is 0 Å². The summed E-state index contributed by atoms with van der Waals surface area (Å²) in [6.45, 7) is 9.44. The largest absolute Gasteiger partial charge is 0.494 e. The minimum absolute atomic E-state index is 0.0531. The summed E-state index contributed by atoms with van der Waals surface area (Å²) in [7, 11) is 1.57. The van der Waals surface area contributed by atoms with Crippen molar-refractivity contribution in [1.82, 2.24) is 0 Å². The summed E-state index contributed by atoms with van der Waals surface area (Å²) in [5, 5.41) is 12.6. The van der Waals surface area contributed by atoms with E-state index in [2.05, 4.69) is 24.1 Å². The molecule has 0 aliphatic carbocycles. The fraction of sp³-hybridized carbons (Fsp3) is 0.533. The highest BCUT2D eigenvalue weighted by atomic mass is 16.5. The van der Waals surface area contributed by atoms with Crippen LogP contribution in [0.25, 0.3) is 0 Å². The molecule has 1 unspecified atom stereocenters. The van der Waals surface area contributed by atoms with Gasteiger partial charge in [-0.2, -0.15) is 0 Å². The second kappa shape index (κ2) is 14.7. The van der Waals surface area contributed by atoms with Crippen molar-refractivity contribution < 1.29 is 28.9 Å². The van der Waals surface area contributed by atoms with Crippen LogP contribution in [0.15, 0.2) is 42.5 Å².